The van der Waals surface area contributed by atoms with Crippen LogP contribution in [-0.2, 0) is 19.4 Å². The van der Waals surface area contributed by atoms with Gasteiger partial charge in [-0.15, -0.1) is 0 Å². The normalized spacial score (nSPS) is 28.5. The van der Waals surface area contributed by atoms with Gasteiger partial charge in [0.05, 0.1) is 6.61 Å². The number of hydrogen-bond donors (Lipinski definition) is 5. The van der Waals surface area contributed by atoms with Crippen molar-refractivity contribution in [2.45, 2.75) is 74.8 Å². The zero-order chi connectivity index (χ0) is 21.9. The quantitative estimate of drug-likeness (QED) is 0.0835. The number of ether oxygens (including phenoxy) is 1. The van der Waals surface area contributed by atoms with Crippen LogP contribution in [0.25, 0.3) is 0 Å². The first kappa shape index (κ1) is 26.9. The van der Waals surface area contributed by atoms with Crippen LogP contribution >= 0.6 is 23.5 Å². The largest absolute Gasteiger partial charge is 0.466 e. The highest BCUT2D eigenvalue weighted by Crippen LogP contribution is 2.30. The summed E-state index contributed by atoms with van der Waals surface area (Å²) in [4.78, 5) is 0. The fourth-order valence-electron chi connectivity index (χ4n) is 2.74. The number of aliphatic hydroxyl groups excluding tert-OH is 4. The molecule has 29 heavy (non-hydrogen) atoms. The maximum Gasteiger partial charge on any atom is 0.466 e. The van der Waals surface area contributed by atoms with Crippen LogP contribution in [0.5, 0.6) is 0 Å². The lowest BCUT2D eigenvalue weighted by Crippen LogP contribution is -2.57. The molecule has 1 fully saturated rings. The van der Waals surface area contributed by atoms with Gasteiger partial charge >= 0.3 is 10.4 Å². The highest BCUT2D eigenvalue weighted by Gasteiger charge is 2.44. The predicted octanol–water partition coefficient (Wildman–Crippen LogP) is 0.746. The molecule has 1 aliphatic rings. The van der Waals surface area contributed by atoms with Crippen molar-refractivity contribution in [2.75, 3.05) is 18.6 Å². The molecule has 0 amide bonds. The molecule has 0 aromatic carbocycles. The Bertz CT molecular complexity index is 588. The third-order valence-corrected chi connectivity index (χ3v) is 6.46. The molecule has 0 aliphatic carbocycles. The molecule has 1 aliphatic heterocycles. The monoisotopic (exact) mass is 477 g/mol. The molecule has 172 valence electrons. The zero-order valence-corrected chi connectivity index (χ0v) is 18.7. The van der Waals surface area contributed by atoms with E-state index in [9.17, 15) is 28.8 Å². The van der Waals surface area contributed by atoms with Crippen LogP contribution in [0, 0.1) is 0 Å². The van der Waals surface area contributed by atoms with E-state index in [1.54, 1.807) is 0 Å². The Morgan fingerprint density at radius 3 is 2.24 bits per heavy atom. The van der Waals surface area contributed by atoms with Crippen LogP contribution < -0.4 is 0 Å². The van der Waals surface area contributed by atoms with Crippen LogP contribution in [0.4, 0.5) is 0 Å². The van der Waals surface area contributed by atoms with Gasteiger partial charge in [0.25, 0.3) is 0 Å². The standard InChI is InChI=1S/C16H31NO9S3/c1-27-9-7-5-3-2-4-6-8-12(17-26-29(22,23)24)28-16-15(21)14(20)13(19)11(10-18)25-16/h11,13-16,18-21H,2-10H2,1H3,(H,22,23,24)/b17-12+/t11-,13-,14+,15-,16+/m1/s1. The number of unbranched alkanes of at least 4 members (excludes halogenated alkanes) is 5. The molecular weight excluding hydrogens is 446 g/mol. The molecular formula is C16H31NO9S3. The maximum atomic E-state index is 10.8. The van der Waals surface area contributed by atoms with Crippen molar-refractivity contribution >= 4 is 39.0 Å². The average molecular weight is 478 g/mol. The van der Waals surface area contributed by atoms with Gasteiger partial charge in [0.2, 0.25) is 0 Å². The number of thioether (sulfide) groups is 2. The van der Waals surface area contributed by atoms with Gasteiger partial charge in [-0.05, 0) is 31.3 Å². The summed E-state index contributed by atoms with van der Waals surface area (Å²) in [7, 11) is -4.79. The second-order valence-corrected chi connectivity index (χ2v) is 9.83. The van der Waals surface area contributed by atoms with E-state index in [1.807, 2.05) is 11.8 Å². The summed E-state index contributed by atoms with van der Waals surface area (Å²) in [6.07, 6.45) is 2.70. The SMILES string of the molecule is CSCCCCCCCC/C(=N\OS(=O)(=O)O)S[C@@H]1O[C@H](CO)[C@@H](O)[C@H](O)[C@H]1O. The van der Waals surface area contributed by atoms with Crippen molar-refractivity contribution < 1.29 is 42.4 Å². The number of oxime groups is 1. The van der Waals surface area contributed by atoms with Gasteiger partial charge in [0.15, 0.2) is 0 Å². The molecule has 0 spiro atoms. The molecule has 13 heteroatoms. The van der Waals surface area contributed by atoms with Crippen molar-refractivity contribution in [1.82, 2.24) is 0 Å². The Labute approximate surface area is 180 Å². The Morgan fingerprint density at radius 1 is 1.03 bits per heavy atom. The minimum atomic E-state index is -4.79. The van der Waals surface area contributed by atoms with Crippen molar-refractivity contribution in [3.63, 3.8) is 0 Å². The second kappa shape index (κ2) is 14.0. The number of rotatable bonds is 13. The fraction of sp³-hybridized carbons (Fsp3) is 0.938. The van der Waals surface area contributed by atoms with E-state index in [1.165, 1.54) is 6.42 Å². The van der Waals surface area contributed by atoms with E-state index in [4.69, 9.17) is 9.29 Å². The summed E-state index contributed by atoms with van der Waals surface area (Å²) in [6.45, 7) is -0.577. The van der Waals surface area contributed by atoms with E-state index in [0.29, 0.717) is 12.8 Å². The fourth-order valence-corrected chi connectivity index (χ4v) is 4.58. The molecule has 5 atom stereocenters. The van der Waals surface area contributed by atoms with E-state index < -0.39 is 46.9 Å². The highest BCUT2D eigenvalue weighted by molar-refractivity contribution is 8.14. The molecule has 5 N–H and O–H groups in total. The van der Waals surface area contributed by atoms with Crippen LogP contribution in [0.2, 0.25) is 0 Å². The molecule has 0 saturated carbocycles. The molecule has 1 heterocycles. The lowest BCUT2D eigenvalue weighted by Gasteiger charge is -2.39. The first-order valence-electron chi connectivity index (χ1n) is 9.38. The minimum Gasteiger partial charge on any atom is -0.394 e. The van der Waals surface area contributed by atoms with E-state index >= 15 is 0 Å². The third-order valence-electron chi connectivity index (χ3n) is 4.32. The van der Waals surface area contributed by atoms with Crippen molar-refractivity contribution in [2.24, 2.45) is 5.16 Å². The Morgan fingerprint density at radius 2 is 1.66 bits per heavy atom. The van der Waals surface area contributed by atoms with Gasteiger partial charge in [0.1, 0.15) is 34.9 Å². The molecule has 0 aromatic heterocycles. The van der Waals surface area contributed by atoms with Gasteiger partial charge in [-0.3, -0.25) is 4.55 Å². The van der Waals surface area contributed by atoms with Crippen molar-refractivity contribution in [3.8, 4) is 0 Å². The van der Waals surface area contributed by atoms with E-state index in [-0.39, 0.29) is 5.04 Å². The summed E-state index contributed by atoms with van der Waals surface area (Å²) in [5.74, 6) is 1.14. The van der Waals surface area contributed by atoms with Gasteiger partial charge < -0.3 is 25.2 Å². The van der Waals surface area contributed by atoms with E-state index in [0.717, 1.165) is 43.2 Å². The molecule has 0 unspecified atom stereocenters. The number of nitrogens with zero attached hydrogens (tertiary/aromatic N) is 1. The highest BCUT2D eigenvalue weighted by atomic mass is 32.3. The van der Waals surface area contributed by atoms with Gasteiger partial charge in [-0.25, -0.2) is 4.28 Å². The summed E-state index contributed by atoms with van der Waals surface area (Å²) in [6, 6.07) is 0. The topological polar surface area (TPSA) is 166 Å². The molecule has 1 saturated heterocycles. The molecule has 0 bridgehead atoms. The summed E-state index contributed by atoms with van der Waals surface area (Å²) in [5.41, 5.74) is -1.11. The Kier molecular flexibility index (Phi) is 13.0. The van der Waals surface area contributed by atoms with Crippen molar-refractivity contribution in [3.05, 3.63) is 0 Å². The number of hydrogen-bond acceptors (Lipinski definition) is 11. The van der Waals surface area contributed by atoms with Gasteiger partial charge in [-0.2, -0.15) is 20.2 Å². The van der Waals surface area contributed by atoms with Crippen molar-refractivity contribution in [1.29, 1.82) is 0 Å². The average Bonchev–Trinajstić information content (AvgIpc) is 2.67. The second-order valence-electron chi connectivity index (χ2n) is 6.67. The lowest BCUT2D eigenvalue weighted by atomic mass is 10.0. The first-order valence-corrected chi connectivity index (χ1v) is 13.0. The van der Waals surface area contributed by atoms with Crippen LogP contribution in [0.3, 0.4) is 0 Å². The van der Waals surface area contributed by atoms with Crippen LogP contribution in [0.15, 0.2) is 5.16 Å². The van der Waals surface area contributed by atoms with Crippen LogP contribution in [-0.4, -0.2) is 86.9 Å². The molecule has 1 rings (SSSR count). The van der Waals surface area contributed by atoms with Gasteiger partial charge in [-0.1, -0.05) is 42.6 Å². The zero-order valence-electron chi connectivity index (χ0n) is 16.3. The summed E-state index contributed by atoms with van der Waals surface area (Å²) in [5, 5.41) is 42.6. The summed E-state index contributed by atoms with van der Waals surface area (Å²) >= 11 is 2.62. The van der Waals surface area contributed by atoms with E-state index in [2.05, 4.69) is 15.7 Å². The molecule has 0 radical (unpaired) electrons. The third kappa shape index (κ3) is 10.6. The molecule has 0 aromatic rings. The smallest absolute Gasteiger partial charge is 0.394 e. The first-order chi connectivity index (χ1) is 13.7. The predicted molar refractivity (Wildman–Crippen MR) is 112 cm³/mol. The number of aliphatic hydroxyl groups is 4. The van der Waals surface area contributed by atoms with Gasteiger partial charge in [0, 0.05) is 0 Å². The summed E-state index contributed by atoms with van der Waals surface area (Å²) < 4.78 is 39.8. The minimum absolute atomic E-state index is 0.134. The maximum absolute atomic E-state index is 10.8. The lowest BCUT2D eigenvalue weighted by molar-refractivity contribution is -0.205. The molecule has 10 nitrogen and oxygen atoms in total. The van der Waals surface area contributed by atoms with Crippen LogP contribution in [0.1, 0.15) is 44.9 Å². The Balaban J connectivity index is 2.61. The Hall–Kier alpha value is -0.120.